The minimum Gasteiger partial charge on any atom is -0.491 e. The number of nitrogens with zero attached hydrogens (tertiary/aromatic N) is 1. The Morgan fingerprint density at radius 2 is 2.06 bits per heavy atom. The zero-order valence-electron chi connectivity index (χ0n) is 18.3. The van der Waals surface area contributed by atoms with E-state index in [4.69, 9.17) is 24.1 Å². The molecule has 174 valence electrons. The first-order chi connectivity index (χ1) is 15.3. The smallest absolute Gasteiger partial charge is 0.347 e. The number of carboxylic acids is 1. The minimum atomic E-state index is -1.09. The summed E-state index contributed by atoms with van der Waals surface area (Å²) < 4.78 is 22.1. The third-order valence-electron chi connectivity index (χ3n) is 4.71. The second kappa shape index (κ2) is 10.7. The molecule has 1 fully saturated rings. The molecule has 3 N–H and O–H groups in total. The molecule has 32 heavy (non-hydrogen) atoms. The molecular weight excluding hydrogens is 438 g/mol. The van der Waals surface area contributed by atoms with E-state index in [1.807, 2.05) is 19.9 Å². The number of anilines is 2. The lowest BCUT2D eigenvalue weighted by atomic mass is 10.1. The predicted octanol–water partition coefficient (Wildman–Crippen LogP) is 3.27. The fourth-order valence-electron chi connectivity index (χ4n) is 3.28. The highest BCUT2D eigenvalue weighted by molar-refractivity contribution is 7.17. The molecule has 2 heterocycles. The summed E-state index contributed by atoms with van der Waals surface area (Å²) in [5, 5.41) is 15.2. The van der Waals surface area contributed by atoms with Gasteiger partial charge < -0.3 is 29.4 Å². The first-order valence-corrected chi connectivity index (χ1v) is 10.9. The van der Waals surface area contributed by atoms with Crippen LogP contribution < -0.4 is 15.4 Å². The van der Waals surface area contributed by atoms with E-state index in [0.29, 0.717) is 30.0 Å². The maximum absolute atomic E-state index is 12.8. The van der Waals surface area contributed by atoms with Crippen LogP contribution in [0.25, 0.3) is 0 Å². The number of nitrogens with one attached hydrogen (secondary N) is 2. The van der Waals surface area contributed by atoms with E-state index in [1.54, 1.807) is 26.4 Å². The summed E-state index contributed by atoms with van der Waals surface area (Å²) >= 11 is 0.886. The summed E-state index contributed by atoms with van der Waals surface area (Å²) in [4.78, 5) is 27.8. The number of carbonyl (C=O) groups is 2. The molecule has 0 aliphatic carbocycles. The normalized spacial score (nSPS) is 20.3. The first-order valence-electron chi connectivity index (χ1n) is 10.1. The van der Waals surface area contributed by atoms with Gasteiger partial charge in [0.1, 0.15) is 10.6 Å². The molecule has 2 aromatic rings. The van der Waals surface area contributed by atoms with Gasteiger partial charge in [-0.15, -0.1) is 0 Å². The van der Waals surface area contributed by atoms with Crippen molar-refractivity contribution in [2.45, 2.75) is 39.0 Å². The summed E-state index contributed by atoms with van der Waals surface area (Å²) in [6.45, 7) is 4.33. The van der Waals surface area contributed by atoms with E-state index in [9.17, 15) is 9.59 Å². The Bertz CT molecular complexity index is 949. The highest BCUT2D eigenvalue weighted by Crippen LogP contribution is 2.29. The Morgan fingerprint density at radius 1 is 1.28 bits per heavy atom. The number of aromatic carboxylic acids is 1. The van der Waals surface area contributed by atoms with Crippen LogP contribution in [-0.4, -0.2) is 61.4 Å². The molecule has 10 nitrogen and oxygen atoms in total. The molecule has 1 aliphatic heterocycles. The third kappa shape index (κ3) is 6.16. The fourth-order valence-corrected chi connectivity index (χ4v) is 3.93. The second-order valence-corrected chi connectivity index (χ2v) is 8.51. The van der Waals surface area contributed by atoms with Crippen molar-refractivity contribution in [2.75, 3.05) is 31.4 Å². The topological polar surface area (TPSA) is 128 Å². The second-order valence-electron chi connectivity index (χ2n) is 7.48. The van der Waals surface area contributed by atoms with Crippen LogP contribution in [0.15, 0.2) is 24.4 Å². The number of hydrogen-bond acceptors (Lipinski definition) is 9. The number of methoxy groups -OCH3 is 2. The summed E-state index contributed by atoms with van der Waals surface area (Å²) in [5.41, 5.74) is 1.04. The number of ether oxygens (including phenoxy) is 4. The van der Waals surface area contributed by atoms with E-state index in [2.05, 4.69) is 15.6 Å². The van der Waals surface area contributed by atoms with Crippen molar-refractivity contribution in [3.8, 4) is 5.75 Å². The van der Waals surface area contributed by atoms with Crippen LogP contribution >= 0.6 is 11.3 Å². The summed E-state index contributed by atoms with van der Waals surface area (Å²) in [6.07, 6.45) is 1.09. The Morgan fingerprint density at radius 3 is 2.69 bits per heavy atom. The first kappa shape index (κ1) is 23.9. The van der Waals surface area contributed by atoms with Crippen LogP contribution in [-0.2, 0) is 14.2 Å². The van der Waals surface area contributed by atoms with Gasteiger partial charge >= 0.3 is 5.97 Å². The zero-order chi connectivity index (χ0) is 23.3. The van der Waals surface area contributed by atoms with Gasteiger partial charge in [0.05, 0.1) is 12.3 Å². The maximum Gasteiger partial charge on any atom is 0.347 e. The van der Waals surface area contributed by atoms with Crippen molar-refractivity contribution in [3.63, 3.8) is 0 Å². The quantitative estimate of drug-likeness (QED) is 0.484. The van der Waals surface area contributed by atoms with E-state index in [1.165, 1.54) is 6.20 Å². The van der Waals surface area contributed by atoms with Gasteiger partial charge in [-0.1, -0.05) is 11.3 Å². The van der Waals surface area contributed by atoms with E-state index in [-0.39, 0.29) is 28.3 Å². The average molecular weight is 466 g/mol. The summed E-state index contributed by atoms with van der Waals surface area (Å²) in [6, 6.07) is 5.14. The number of carbonyl (C=O) groups excluding carboxylic acids is 1. The number of hydrogen-bond donors (Lipinski definition) is 3. The Kier molecular flexibility index (Phi) is 8.02. The molecule has 1 saturated heterocycles. The molecular formula is C21H27N3O7S. The van der Waals surface area contributed by atoms with Crippen LogP contribution in [0, 0.1) is 5.92 Å². The molecule has 1 aromatic heterocycles. The molecule has 3 unspecified atom stereocenters. The van der Waals surface area contributed by atoms with Crippen LogP contribution in [0.5, 0.6) is 5.75 Å². The number of rotatable bonds is 10. The molecule has 1 aromatic carbocycles. The van der Waals surface area contributed by atoms with Crippen molar-refractivity contribution < 1.29 is 33.6 Å². The van der Waals surface area contributed by atoms with Crippen molar-refractivity contribution in [2.24, 2.45) is 5.92 Å². The van der Waals surface area contributed by atoms with Crippen molar-refractivity contribution in [1.82, 2.24) is 4.98 Å². The third-order valence-corrected chi connectivity index (χ3v) is 5.61. The minimum absolute atomic E-state index is 0.0420. The molecule has 0 spiro atoms. The van der Waals surface area contributed by atoms with E-state index < -0.39 is 18.2 Å². The van der Waals surface area contributed by atoms with Crippen LogP contribution in [0.3, 0.4) is 0 Å². The Labute approximate surface area is 189 Å². The van der Waals surface area contributed by atoms with Gasteiger partial charge in [-0.2, -0.15) is 0 Å². The molecule has 0 saturated carbocycles. The number of aromatic nitrogens is 1. The lowest BCUT2D eigenvalue weighted by molar-refractivity contribution is -0.192. The van der Waals surface area contributed by atoms with Gasteiger partial charge in [0, 0.05) is 50.4 Å². The average Bonchev–Trinajstić information content (AvgIpc) is 3.38. The molecule has 0 bridgehead atoms. The number of carboxylic acid groups (broad SMARTS) is 1. The lowest BCUT2D eigenvalue weighted by Gasteiger charge is -2.19. The van der Waals surface area contributed by atoms with Gasteiger partial charge in [-0.25, -0.2) is 9.78 Å². The zero-order valence-corrected chi connectivity index (χ0v) is 19.1. The fraction of sp³-hybridized carbons (Fsp3) is 0.476. The van der Waals surface area contributed by atoms with E-state index in [0.717, 1.165) is 11.3 Å². The Hall–Kier alpha value is -2.73. The molecule has 3 atom stereocenters. The van der Waals surface area contributed by atoms with Crippen molar-refractivity contribution in [1.29, 1.82) is 0 Å². The standard InChI is InChI=1S/C21H27N3O7S/c1-11(2)30-15-6-12(18(25)24-21-23-10-16(32-21)19(26)27)5-14(8-15)22-9-13-7-17(28-3)31-20(13)29-4/h5-6,8,10-11,13,17,20,22H,7,9H2,1-4H3,(H,26,27)(H,23,24,25). The number of thiazole rings is 1. The monoisotopic (exact) mass is 465 g/mol. The maximum atomic E-state index is 12.8. The highest BCUT2D eigenvalue weighted by Gasteiger charge is 2.35. The van der Waals surface area contributed by atoms with Crippen molar-refractivity contribution in [3.05, 3.63) is 34.8 Å². The highest BCUT2D eigenvalue weighted by atomic mass is 32.1. The van der Waals surface area contributed by atoms with Gasteiger partial charge in [0.2, 0.25) is 0 Å². The van der Waals surface area contributed by atoms with Crippen LogP contribution in [0.4, 0.5) is 10.8 Å². The molecule has 1 amide bonds. The van der Waals surface area contributed by atoms with Gasteiger partial charge in [0.25, 0.3) is 5.91 Å². The van der Waals surface area contributed by atoms with Crippen LogP contribution in [0.1, 0.15) is 40.3 Å². The van der Waals surface area contributed by atoms with Crippen molar-refractivity contribution >= 4 is 34.0 Å². The summed E-state index contributed by atoms with van der Waals surface area (Å²) in [7, 11) is 3.18. The molecule has 11 heteroatoms. The van der Waals surface area contributed by atoms with Crippen LogP contribution in [0.2, 0.25) is 0 Å². The molecule has 1 aliphatic rings. The largest absolute Gasteiger partial charge is 0.491 e. The number of amides is 1. The lowest BCUT2D eigenvalue weighted by Crippen LogP contribution is -2.25. The SMILES string of the molecule is COC1CC(CNc2cc(OC(C)C)cc(C(=O)Nc3ncc(C(=O)O)s3)c2)C(OC)O1. The van der Waals surface area contributed by atoms with Gasteiger partial charge in [-0.05, 0) is 26.0 Å². The van der Waals surface area contributed by atoms with Gasteiger partial charge in [-0.3, -0.25) is 10.1 Å². The molecule has 3 rings (SSSR count). The summed E-state index contributed by atoms with van der Waals surface area (Å²) in [5.74, 6) is -0.933. The number of benzene rings is 1. The molecule has 0 radical (unpaired) electrons. The van der Waals surface area contributed by atoms with Gasteiger partial charge in [0.15, 0.2) is 17.7 Å². The predicted molar refractivity (Wildman–Crippen MR) is 119 cm³/mol. The Balaban J connectivity index is 1.75. The van der Waals surface area contributed by atoms with E-state index >= 15 is 0 Å².